The number of nitrogens with two attached hydrogens (primary N) is 1. The van der Waals surface area contributed by atoms with Crippen molar-refractivity contribution < 1.29 is 4.79 Å². The van der Waals surface area contributed by atoms with Crippen LogP contribution < -0.4 is 11.1 Å². The molecule has 0 aliphatic carbocycles. The number of hydrogen-bond donors (Lipinski definition) is 2. The number of nitrogens with one attached hydrogen (secondary N) is 1. The van der Waals surface area contributed by atoms with Crippen molar-refractivity contribution in [2.45, 2.75) is 0 Å². The third-order valence-corrected chi connectivity index (χ3v) is 23.6. The summed E-state index contributed by atoms with van der Waals surface area (Å²) >= 11 is 23.4. The number of rotatable bonds is 9. The smallest absolute Gasteiger partial charge is 0.255 e. The second-order valence-corrected chi connectivity index (χ2v) is 31.7. The molecule has 14 aromatic carbocycles. The fourth-order valence-corrected chi connectivity index (χ4v) is 17.7. The average Bonchev–Trinajstić information content (AvgIpc) is 1.19. The molecule has 14 nitrogen and oxygen atoms in total. The van der Waals surface area contributed by atoms with Crippen LogP contribution >= 0.6 is 138 Å². The van der Waals surface area contributed by atoms with Gasteiger partial charge in [0.15, 0.2) is 0 Å². The topological polar surface area (TPSA) is 197 Å². The molecule has 0 fully saturated rings. The van der Waals surface area contributed by atoms with Gasteiger partial charge in [-0.3, -0.25) is 4.79 Å². The summed E-state index contributed by atoms with van der Waals surface area (Å²) in [5.41, 5.74) is 33.1. The van der Waals surface area contributed by atoms with Crippen LogP contribution in [-0.4, -0.2) is 54.6 Å². The Morgan fingerprint density at radius 3 is 1.15 bits per heavy atom. The molecule has 0 bridgehead atoms. The molecule has 20 aromatic rings. The summed E-state index contributed by atoms with van der Waals surface area (Å²) in [6, 6.07) is 99.1. The first kappa shape index (κ1) is 73.7. The number of amides is 1. The van der Waals surface area contributed by atoms with Crippen molar-refractivity contribution in [2.24, 2.45) is 0 Å². The molecule has 0 unspecified atom stereocenters. The fourth-order valence-electron chi connectivity index (χ4n) is 12.8. The number of pyridine rings is 1. The maximum Gasteiger partial charge on any atom is 0.255 e. The van der Waals surface area contributed by atoms with Crippen molar-refractivity contribution in [1.82, 2.24) is 48.7 Å². The molecule has 20 rings (SSSR count). The van der Waals surface area contributed by atoms with E-state index in [2.05, 4.69) is 264 Å². The van der Waals surface area contributed by atoms with Gasteiger partial charge < -0.3 is 11.1 Å². The number of nitrogen functional groups attached to an aromatic ring is 1. The molecule has 532 valence electrons. The average molecular weight is 1840 g/mol. The van der Waals surface area contributed by atoms with E-state index in [4.69, 9.17) is 15.1 Å². The quantitative estimate of drug-likeness (QED) is 0.102. The highest BCUT2D eigenvalue weighted by Crippen LogP contribution is 2.43. The zero-order valence-electron chi connectivity index (χ0n) is 57.1. The maximum absolute atomic E-state index is 12.8. The molecule has 0 saturated carbocycles. The zero-order chi connectivity index (χ0) is 75.0. The third kappa shape index (κ3) is 15.7. The lowest BCUT2D eigenvalue weighted by Crippen LogP contribution is -2.12. The number of nitrogens with zero attached hydrogens (tertiary/aromatic N) is 11. The first-order valence-electron chi connectivity index (χ1n) is 33.9. The Balaban J connectivity index is 0.000000109. The second kappa shape index (κ2) is 33.8. The minimum Gasteiger partial charge on any atom is -0.398 e. The molecule has 0 aliphatic rings. The number of para-hydroxylation sites is 3. The van der Waals surface area contributed by atoms with E-state index in [9.17, 15) is 4.79 Å². The van der Waals surface area contributed by atoms with Crippen LogP contribution in [0.4, 0.5) is 11.4 Å². The summed E-state index contributed by atoms with van der Waals surface area (Å²) in [7, 11) is 0. The minimum absolute atomic E-state index is 0.159. The molecule has 1 amide bonds. The fraction of sp³-hybridized carbons (Fsp3) is 0. The van der Waals surface area contributed by atoms with Gasteiger partial charge in [-0.15, -0.1) is 0 Å². The van der Waals surface area contributed by atoms with Crippen molar-refractivity contribution in [3.8, 4) is 78.0 Å². The Hall–Kier alpha value is -10.5. The molecule has 0 aliphatic heterocycles. The van der Waals surface area contributed by atoms with Crippen molar-refractivity contribution in [1.29, 1.82) is 0 Å². The van der Waals surface area contributed by atoms with Crippen LogP contribution in [0.2, 0.25) is 0 Å². The Morgan fingerprint density at radius 1 is 0.291 bits per heavy atom. The van der Waals surface area contributed by atoms with Crippen LogP contribution in [0.5, 0.6) is 0 Å². The van der Waals surface area contributed by atoms with Gasteiger partial charge in [-0.1, -0.05) is 250 Å². The first-order valence-corrected chi connectivity index (χ1v) is 41.6. The normalized spacial score (nSPS) is 11.0. The van der Waals surface area contributed by atoms with E-state index >= 15 is 0 Å². The van der Waals surface area contributed by atoms with E-state index < -0.39 is 0 Å². The van der Waals surface area contributed by atoms with E-state index in [0.717, 1.165) is 183 Å². The van der Waals surface area contributed by atoms with Gasteiger partial charge >= 0.3 is 0 Å². The number of carbonyl (C=O) groups is 1. The molecule has 110 heavy (non-hydrogen) atoms. The van der Waals surface area contributed by atoms with Crippen molar-refractivity contribution in [2.75, 3.05) is 11.1 Å². The van der Waals surface area contributed by atoms with Crippen molar-refractivity contribution in [3.05, 3.63) is 325 Å². The van der Waals surface area contributed by atoms with Gasteiger partial charge in [0.25, 0.3) is 5.91 Å². The SMILES string of the molecule is Brc1ccc(-c2ccccc2)c2nsnc12.Brc1ccc(-c2nc3ccccc3c3c2cc(-c2ccccc2)c2nsnc23)cc1.Brc1ccc(Br)c2nsnc12.Nc1ccccc1-c1ccc(-c2ccccc2)c2nsnc12.O=C(Nc1ccccc1-c1ccc(-c2ccccc2)c2nsnc12)c1ccc(Br)cc1. The summed E-state index contributed by atoms with van der Waals surface area (Å²) in [6.45, 7) is 0. The number of carbonyl (C=O) groups excluding carboxylic acids is 1. The third-order valence-electron chi connectivity index (χ3n) is 18.0. The van der Waals surface area contributed by atoms with E-state index in [-0.39, 0.29) is 5.91 Å². The van der Waals surface area contributed by atoms with Crippen LogP contribution in [-0.2, 0) is 0 Å². The summed E-state index contributed by atoms with van der Waals surface area (Å²) in [6.07, 6.45) is 0. The van der Waals surface area contributed by atoms with Gasteiger partial charge in [-0.25, -0.2) is 4.98 Å². The number of halogens is 5. The molecule has 6 heterocycles. The van der Waals surface area contributed by atoms with E-state index in [1.165, 1.54) is 64.2 Å². The lowest BCUT2D eigenvalue weighted by atomic mass is 9.94. The standard InChI is InChI=1S/C25H16BrN3OS.C25H14BrN3S.C18H13N3S.C12H7BrN2S.C6H2Br2N2S/c26-18-12-10-17(11-13-18)25(30)27-22-9-5-4-8-20(22)21-15-14-19(16-6-2-1-3-7-16)23-24(21)29-31-28-23;26-17-12-10-16(11-13-17)23-20-14-19(15-6-2-1-3-7-15)24-25(29-30-28-24)22(20)18-8-4-5-9-21(18)27-23;19-16-9-5-4-8-14(16)15-11-10-13(12-6-2-1-3-7-12)17-18(15)21-22-20-17;13-10-7-6-9(8-4-2-1-3-5-8)11-12(10)15-16-14-11;7-3-1-2-4(8)6-5(3)9-11-10-6/h1-15H,(H,27,30);1-14H;1-11H,19H2;1-7H;1-2H. The summed E-state index contributed by atoms with van der Waals surface area (Å²) in [4.78, 5) is 17.9. The van der Waals surface area contributed by atoms with Gasteiger partial charge in [0.1, 0.15) is 55.2 Å². The van der Waals surface area contributed by atoms with E-state index in [0.29, 0.717) is 5.56 Å². The molecular weight excluding hydrogens is 1790 g/mol. The lowest BCUT2D eigenvalue weighted by Gasteiger charge is -2.13. The van der Waals surface area contributed by atoms with Crippen LogP contribution in [0.15, 0.2) is 320 Å². The molecule has 0 spiro atoms. The summed E-state index contributed by atoms with van der Waals surface area (Å²) < 4.78 is 49.4. The van der Waals surface area contributed by atoms with Crippen LogP contribution in [0.25, 0.3) is 155 Å². The van der Waals surface area contributed by atoms with Gasteiger partial charge in [0.2, 0.25) is 0 Å². The Kier molecular flexibility index (Phi) is 22.6. The van der Waals surface area contributed by atoms with Crippen LogP contribution in [0.3, 0.4) is 0 Å². The molecule has 24 heteroatoms. The highest BCUT2D eigenvalue weighted by molar-refractivity contribution is 9.11. The highest BCUT2D eigenvalue weighted by Gasteiger charge is 2.22. The Labute approximate surface area is 693 Å². The van der Waals surface area contributed by atoms with Gasteiger partial charge in [-0.05, 0) is 149 Å². The van der Waals surface area contributed by atoms with Crippen LogP contribution in [0, 0.1) is 0 Å². The number of benzene rings is 14. The predicted octanol–water partition coefficient (Wildman–Crippen LogP) is 26.5. The van der Waals surface area contributed by atoms with Crippen molar-refractivity contribution in [3.63, 3.8) is 0 Å². The van der Waals surface area contributed by atoms with E-state index in [1.54, 1.807) is 12.1 Å². The maximum atomic E-state index is 12.8. The second-order valence-electron chi connectivity index (χ2n) is 24.6. The number of anilines is 2. The Bertz CT molecular complexity index is 6660. The lowest BCUT2D eigenvalue weighted by molar-refractivity contribution is 0.102. The molecule has 0 radical (unpaired) electrons. The monoisotopic (exact) mass is 1840 g/mol. The van der Waals surface area contributed by atoms with E-state index in [1.807, 2.05) is 146 Å². The van der Waals surface area contributed by atoms with Gasteiger partial charge in [0, 0.05) is 106 Å². The Morgan fingerprint density at radius 2 is 0.645 bits per heavy atom. The first-order chi connectivity index (χ1) is 54.0. The number of hydrogen-bond acceptors (Lipinski definition) is 18. The minimum atomic E-state index is -0.159. The molecular formula is C86H52Br5N13OS5. The number of fused-ring (bicyclic) bond motifs is 9. The summed E-state index contributed by atoms with van der Waals surface area (Å²) in [5.74, 6) is -0.159. The van der Waals surface area contributed by atoms with Gasteiger partial charge in [-0.2, -0.15) is 43.7 Å². The molecule has 3 N–H and O–H groups in total. The van der Waals surface area contributed by atoms with Crippen LogP contribution in [0.1, 0.15) is 10.4 Å². The number of aromatic nitrogens is 11. The largest absolute Gasteiger partial charge is 0.398 e. The molecule has 0 saturated heterocycles. The van der Waals surface area contributed by atoms with Crippen molar-refractivity contribution >= 4 is 232 Å². The molecule has 6 aromatic heterocycles. The highest BCUT2D eigenvalue weighted by atomic mass is 79.9. The predicted molar refractivity (Wildman–Crippen MR) is 475 cm³/mol. The zero-order valence-corrected chi connectivity index (χ0v) is 69.1. The summed E-state index contributed by atoms with van der Waals surface area (Å²) in [5, 5.41) is 6.36. The molecule has 0 atom stereocenters. The van der Waals surface area contributed by atoms with Gasteiger partial charge in [0.05, 0.1) is 69.9 Å².